The number of hydrogen-bond donors (Lipinski definition) is 2. The third-order valence-corrected chi connectivity index (χ3v) is 3.28. The van der Waals surface area contributed by atoms with Gasteiger partial charge in [-0.2, -0.15) is 0 Å². The maximum atomic E-state index is 13.4. The third kappa shape index (κ3) is 2.80. The zero-order valence-electron chi connectivity index (χ0n) is 8.28. The van der Waals surface area contributed by atoms with E-state index < -0.39 is 11.8 Å². The highest BCUT2D eigenvalue weighted by Crippen LogP contribution is 2.26. The van der Waals surface area contributed by atoms with Crippen molar-refractivity contribution in [2.24, 2.45) is 0 Å². The minimum absolute atomic E-state index is 0.0999. The van der Waals surface area contributed by atoms with E-state index in [2.05, 4.69) is 26.2 Å². The van der Waals surface area contributed by atoms with E-state index in [1.807, 2.05) is 0 Å². The van der Waals surface area contributed by atoms with Crippen molar-refractivity contribution in [1.29, 1.82) is 0 Å². The van der Waals surface area contributed by atoms with Gasteiger partial charge in [0.25, 0.3) is 0 Å². The van der Waals surface area contributed by atoms with Crippen LogP contribution in [0.25, 0.3) is 0 Å². The van der Waals surface area contributed by atoms with Crippen molar-refractivity contribution < 1.29 is 14.3 Å². The highest BCUT2D eigenvalue weighted by Gasteiger charge is 2.10. The van der Waals surface area contributed by atoms with Crippen LogP contribution in [0.15, 0.2) is 28.9 Å². The summed E-state index contributed by atoms with van der Waals surface area (Å²) in [5.74, 6) is -1.48. The van der Waals surface area contributed by atoms with Gasteiger partial charge in [-0.1, -0.05) is 27.3 Å². The summed E-state index contributed by atoms with van der Waals surface area (Å²) in [5, 5.41) is 11.8. The molecule has 88 valence electrons. The van der Waals surface area contributed by atoms with E-state index >= 15 is 0 Å². The van der Waals surface area contributed by atoms with Gasteiger partial charge in [-0.25, -0.2) is 14.2 Å². The van der Waals surface area contributed by atoms with Gasteiger partial charge in [0.2, 0.25) is 0 Å². The molecular formula is C10H6BrFN2O2S. The summed E-state index contributed by atoms with van der Waals surface area (Å²) in [4.78, 5) is 14.6. The molecule has 0 bridgehead atoms. The van der Waals surface area contributed by atoms with E-state index in [0.717, 1.165) is 15.8 Å². The van der Waals surface area contributed by atoms with Crippen molar-refractivity contribution in [2.45, 2.75) is 0 Å². The second-order valence-electron chi connectivity index (χ2n) is 3.08. The molecule has 2 aromatic rings. The molecule has 0 spiro atoms. The number of nitrogens with zero attached hydrogens (tertiary/aromatic N) is 1. The lowest BCUT2D eigenvalue weighted by molar-refractivity contribution is 0.0702. The van der Waals surface area contributed by atoms with Gasteiger partial charge >= 0.3 is 5.97 Å². The van der Waals surface area contributed by atoms with E-state index in [4.69, 9.17) is 5.11 Å². The smallest absolute Gasteiger partial charge is 0.347 e. The van der Waals surface area contributed by atoms with Crippen LogP contribution in [0, 0.1) is 5.82 Å². The van der Waals surface area contributed by atoms with Crippen molar-refractivity contribution in [3.8, 4) is 0 Å². The number of carboxylic acid groups (broad SMARTS) is 1. The van der Waals surface area contributed by atoms with Gasteiger partial charge in [0.15, 0.2) is 5.13 Å². The Labute approximate surface area is 108 Å². The standard InChI is InChI=1S/C10H6BrFN2O2S/c11-5-1-2-6(12)7(3-5)14-10-13-4-8(17-10)9(15)16/h1-4H,(H,13,14)(H,15,16). The maximum absolute atomic E-state index is 13.4. The summed E-state index contributed by atoms with van der Waals surface area (Å²) in [6.45, 7) is 0. The molecule has 1 aromatic carbocycles. The SMILES string of the molecule is O=C(O)c1cnc(Nc2cc(Br)ccc2F)s1. The molecule has 0 saturated heterocycles. The lowest BCUT2D eigenvalue weighted by Gasteiger charge is -2.04. The van der Waals surface area contributed by atoms with Crippen molar-refractivity contribution in [1.82, 2.24) is 4.98 Å². The molecule has 1 heterocycles. The van der Waals surface area contributed by atoms with Crippen LogP contribution in [0.4, 0.5) is 15.2 Å². The first-order valence-corrected chi connectivity index (χ1v) is 6.08. The number of carbonyl (C=O) groups is 1. The monoisotopic (exact) mass is 316 g/mol. The van der Waals surface area contributed by atoms with Crippen LogP contribution in [-0.2, 0) is 0 Å². The van der Waals surface area contributed by atoms with Gasteiger partial charge < -0.3 is 10.4 Å². The predicted octanol–water partition coefficient (Wildman–Crippen LogP) is 3.49. The molecule has 0 saturated carbocycles. The number of aromatic carboxylic acids is 1. The number of rotatable bonds is 3. The molecule has 2 N–H and O–H groups in total. The normalized spacial score (nSPS) is 10.2. The molecule has 7 heteroatoms. The summed E-state index contributed by atoms with van der Waals surface area (Å²) in [6.07, 6.45) is 1.23. The van der Waals surface area contributed by atoms with Crippen LogP contribution >= 0.6 is 27.3 Å². The number of nitrogens with one attached hydrogen (secondary N) is 1. The number of anilines is 2. The molecule has 4 nitrogen and oxygen atoms in total. The average Bonchev–Trinajstić information content (AvgIpc) is 2.72. The van der Waals surface area contributed by atoms with Gasteiger partial charge in [-0.3, -0.25) is 0 Å². The largest absolute Gasteiger partial charge is 0.477 e. The summed E-state index contributed by atoms with van der Waals surface area (Å²) in [7, 11) is 0. The number of halogens is 2. The fourth-order valence-corrected chi connectivity index (χ4v) is 2.17. The fraction of sp³-hybridized carbons (Fsp3) is 0. The Morgan fingerprint density at radius 2 is 2.29 bits per heavy atom. The molecule has 0 fully saturated rings. The zero-order valence-corrected chi connectivity index (χ0v) is 10.7. The number of hydrogen-bond acceptors (Lipinski definition) is 4. The quantitative estimate of drug-likeness (QED) is 0.910. The lowest BCUT2D eigenvalue weighted by atomic mass is 10.3. The Morgan fingerprint density at radius 1 is 1.53 bits per heavy atom. The fourth-order valence-electron chi connectivity index (χ4n) is 1.14. The number of carboxylic acids is 1. The molecule has 0 aliphatic carbocycles. The van der Waals surface area contributed by atoms with Crippen LogP contribution in [-0.4, -0.2) is 16.1 Å². The molecule has 0 aliphatic rings. The van der Waals surface area contributed by atoms with Gasteiger partial charge in [0.1, 0.15) is 10.7 Å². The number of aromatic nitrogens is 1. The highest BCUT2D eigenvalue weighted by molar-refractivity contribution is 9.10. The Hall–Kier alpha value is -1.47. The van der Waals surface area contributed by atoms with Gasteiger partial charge in [-0.15, -0.1) is 0 Å². The molecule has 17 heavy (non-hydrogen) atoms. The lowest BCUT2D eigenvalue weighted by Crippen LogP contribution is -1.92. The van der Waals surface area contributed by atoms with E-state index in [-0.39, 0.29) is 10.6 Å². The van der Waals surface area contributed by atoms with Gasteiger partial charge in [-0.05, 0) is 18.2 Å². The minimum Gasteiger partial charge on any atom is -0.477 e. The van der Waals surface area contributed by atoms with Crippen LogP contribution in [0.3, 0.4) is 0 Å². The Bertz CT molecular complexity index is 573. The number of thiazole rings is 1. The van der Waals surface area contributed by atoms with Crippen molar-refractivity contribution in [3.05, 3.63) is 39.6 Å². The van der Waals surface area contributed by atoms with Gasteiger partial charge in [0.05, 0.1) is 11.9 Å². The topological polar surface area (TPSA) is 62.2 Å². The zero-order chi connectivity index (χ0) is 12.4. The Morgan fingerprint density at radius 3 is 2.94 bits per heavy atom. The average molecular weight is 317 g/mol. The molecule has 0 unspecified atom stereocenters. The van der Waals surface area contributed by atoms with Crippen molar-refractivity contribution in [2.75, 3.05) is 5.32 Å². The molecule has 0 radical (unpaired) electrons. The van der Waals surface area contributed by atoms with Crippen molar-refractivity contribution >= 4 is 44.1 Å². The second-order valence-corrected chi connectivity index (χ2v) is 5.03. The van der Waals surface area contributed by atoms with E-state index in [1.165, 1.54) is 12.3 Å². The number of benzene rings is 1. The summed E-state index contributed by atoms with van der Waals surface area (Å²) >= 11 is 4.17. The third-order valence-electron chi connectivity index (χ3n) is 1.89. The molecular weight excluding hydrogens is 311 g/mol. The van der Waals surface area contributed by atoms with Crippen LogP contribution in [0.5, 0.6) is 0 Å². The summed E-state index contributed by atoms with van der Waals surface area (Å²) in [5.41, 5.74) is 0.241. The van der Waals surface area contributed by atoms with E-state index in [0.29, 0.717) is 5.13 Å². The Kier molecular flexibility index (Phi) is 3.39. The first-order valence-electron chi connectivity index (χ1n) is 4.47. The first kappa shape index (κ1) is 12.0. The Balaban J connectivity index is 2.25. The van der Waals surface area contributed by atoms with Crippen LogP contribution in [0.2, 0.25) is 0 Å². The molecule has 0 amide bonds. The summed E-state index contributed by atoms with van der Waals surface area (Å²) in [6, 6.07) is 4.43. The first-order chi connectivity index (χ1) is 8.06. The van der Waals surface area contributed by atoms with E-state index in [1.54, 1.807) is 12.1 Å². The van der Waals surface area contributed by atoms with Crippen LogP contribution < -0.4 is 5.32 Å². The molecule has 0 atom stereocenters. The molecule has 2 rings (SSSR count). The predicted molar refractivity (Wildman–Crippen MR) is 66.5 cm³/mol. The van der Waals surface area contributed by atoms with E-state index in [9.17, 15) is 9.18 Å². The van der Waals surface area contributed by atoms with Crippen LogP contribution in [0.1, 0.15) is 9.67 Å². The minimum atomic E-state index is -1.05. The highest BCUT2D eigenvalue weighted by atomic mass is 79.9. The summed E-state index contributed by atoms with van der Waals surface area (Å²) < 4.78 is 14.1. The molecule has 1 aromatic heterocycles. The maximum Gasteiger partial charge on any atom is 0.347 e. The van der Waals surface area contributed by atoms with Gasteiger partial charge in [0, 0.05) is 4.47 Å². The molecule has 0 aliphatic heterocycles. The van der Waals surface area contributed by atoms with Crippen molar-refractivity contribution in [3.63, 3.8) is 0 Å². The second kappa shape index (κ2) is 4.80.